The number of halogens is 1. The molecule has 2 aromatic rings. The Balaban J connectivity index is 1.41. The van der Waals surface area contributed by atoms with Gasteiger partial charge in [-0.25, -0.2) is 8.42 Å². The van der Waals surface area contributed by atoms with Crippen molar-refractivity contribution in [1.29, 1.82) is 0 Å². The molecule has 2 aliphatic heterocycles. The molecule has 0 N–H and O–H groups in total. The smallest absolute Gasteiger partial charge is 0.243 e. The normalized spacial score (nSPS) is 18.1. The van der Waals surface area contributed by atoms with Crippen molar-refractivity contribution in [2.75, 3.05) is 33.2 Å². The van der Waals surface area contributed by atoms with Gasteiger partial charge < -0.3 is 4.90 Å². The van der Waals surface area contributed by atoms with Gasteiger partial charge in [-0.2, -0.15) is 4.31 Å². The van der Waals surface area contributed by atoms with Gasteiger partial charge in [-0.15, -0.1) is 0 Å². The van der Waals surface area contributed by atoms with Gasteiger partial charge in [-0.1, -0.05) is 47.5 Å². The van der Waals surface area contributed by atoms with Gasteiger partial charge in [-0.05, 0) is 42.7 Å². The van der Waals surface area contributed by atoms with Crippen molar-refractivity contribution in [2.45, 2.75) is 17.7 Å². The monoisotopic (exact) mass is 429 g/mol. The molecule has 2 aromatic carbocycles. The number of amidine groups is 1. The largest absolute Gasteiger partial charge is 0.358 e. The lowest BCUT2D eigenvalue weighted by Crippen LogP contribution is -2.36. The minimum absolute atomic E-state index is 0.296. The molecule has 2 heterocycles. The fraction of sp³-hybridized carbons (Fsp3) is 0.318. The van der Waals surface area contributed by atoms with Crippen LogP contribution in [0.5, 0.6) is 0 Å². The number of aliphatic imine (C=N–C) groups is 1. The molecule has 0 aromatic heterocycles. The minimum Gasteiger partial charge on any atom is -0.358 e. The summed E-state index contributed by atoms with van der Waals surface area (Å²) in [6.45, 7) is 2.82. The van der Waals surface area contributed by atoms with Crippen molar-refractivity contribution in [1.82, 2.24) is 9.21 Å². The van der Waals surface area contributed by atoms with Crippen molar-refractivity contribution in [3.63, 3.8) is 0 Å². The Morgan fingerprint density at radius 3 is 2.21 bits per heavy atom. The topological polar surface area (TPSA) is 53.0 Å². The quantitative estimate of drug-likeness (QED) is 0.740. The van der Waals surface area contributed by atoms with E-state index in [-0.39, 0.29) is 0 Å². The summed E-state index contributed by atoms with van der Waals surface area (Å²) in [5, 5.41) is 0.533. The lowest BCUT2D eigenvalue weighted by molar-refractivity contribution is 0.388. The first-order valence-electron chi connectivity index (χ1n) is 9.75. The Bertz CT molecular complexity index is 1030. The van der Waals surface area contributed by atoms with E-state index < -0.39 is 10.0 Å². The van der Waals surface area contributed by atoms with Crippen LogP contribution in [0.3, 0.4) is 0 Å². The number of hydrogen-bond acceptors (Lipinski definition) is 4. The number of piperidine rings is 1. The number of benzene rings is 2. The molecule has 0 aliphatic carbocycles. The third kappa shape index (κ3) is 4.39. The van der Waals surface area contributed by atoms with Gasteiger partial charge >= 0.3 is 0 Å². The molecule has 29 heavy (non-hydrogen) atoms. The lowest BCUT2D eigenvalue weighted by Gasteiger charge is -2.27. The molecule has 1 fully saturated rings. The second-order valence-corrected chi connectivity index (χ2v) is 9.78. The molecule has 0 atom stereocenters. The fourth-order valence-corrected chi connectivity index (χ4v) is 5.29. The van der Waals surface area contributed by atoms with E-state index in [2.05, 4.69) is 47.3 Å². The predicted molar refractivity (Wildman–Crippen MR) is 118 cm³/mol. The summed E-state index contributed by atoms with van der Waals surface area (Å²) in [6.07, 6.45) is 3.66. The van der Waals surface area contributed by atoms with Crippen molar-refractivity contribution < 1.29 is 8.42 Å². The van der Waals surface area contributed by atoms with E-state index in [1.165, 1.54) is 5.57 Å². The zero-order chi connectivity index (χ0) is 20.4. The van der Waals surface area contributed by atoms with E-state index in [9.17, 15) is 8.42 Å². The number of rotatable bonds is 4. The van der Waals surface area contributed by atoms with Crippen molar-refractivity contribution >= 4 is 33.5 Å². The molecule has 0 spiro atoms. The molecule has 0 unspecified atom stereocenters. The average molecular weight is 430 g/mol. The third-order valence-electron chi connectivity index (χ3n) is 5.41. The summed E-state index contributed by atoms with van der Waals surface area (Å²) >= 11 is 5.87. The number of nitrogens with zero attached hydrogens (tertiary/aromatic N) is 3. The van der Waals surface area contributed by atoms with E-state index in [1.807, 2.05) is 0 Å². The molecular formula is C22H24ClN3O2S. The molecule has 152 valence electrons. The molecule has 2 aliphatic rings. The van der Waals surface area contributed by atoms with Crippen molar-refractivity contribution in [3.8, 4) is 0 Å². The van der Waals surface area contributed by atoms with Crippen LogP contribution in [0.2, 0.25) is 5.02 Å². The number of likely N-dealkylation sites (N-methyl/N-ethyl adjacent to an activating group) is 1. The van der Waals surface area contributed by atoms with Gasteiger partial charge in [0.15, 0.2) is 0 Å². The number of sulfonamides is 1. The Labute approximate surface area is 177 Å². The highest BCUT2D eigenvalue weighted by Crippen LogP contribution is 2.26. The first-order chi connectivity index (χ1) is 13.9. The van der Waals surface area contributed by atoms with E-state index in [1.54, 1.807) is 28.6 Å². The third-order valence-corrected chi connectivity index (χ3v) is 7.58. The molecule has 5 nitrogen and oxygen atoms in total. The van der Waals surface area contributed by atoms with E-state index >= 15 is 0 Å². The fourth-order valence-electron chi connectivity index (χ4n) is 3.72. The molecule has 0 saturated carbocycles. The van der Waals surface area contributed by atoms with Crippen LogP contribution in [-0.2, 0) is 10.0 Å². The number of hydrogen-bond donors (Lipinski definition) is 0. The van der Waals surface area contributed by atoms with Crippen LogP contribution in [0, 0.1) is 0 Å². The minimum atomic E-state index is -3.47. The maximum atomic E-state index is 12.8. The first-order valence-corrected chi connectivity index (χ1v) is 11.6. The molecule has 1 saturated heterocycles. The van der Waals surface area contributed by atoms with Crippen LogP contribution in [0.25, 0.3) is 6.08 Å². The molecule has 0 amide bonds. The average Bonchev–Trinajstić information content (AvgIpc) is 3.15. The Morgan fingerprint density at radius 2 is 1.62 bits per heavy atom. The zero-order valence-corrected chi connectivity index (χ0v) is 18.0. The van der Waals surface area contributed by atoms with Crippen LogP contribution in [-0.4, -0.2) is 56.7 Å². The maximum absolute atomic E-state index is 12.8. The maximum Gasteiger partial charge on any atom is 0.243 e. The van der Waals surface area contributed by atoms with Crippen LogP contribution in [0.15, 0.2) is 64.0 Å². The summed E-state index contributed by atoms with van der Waals surface area (Å²) in [6, 6.07) is 14.8. The molecule has 7 heteroatoms. The van der Waals surface area contributed by atoms with Crippen molar-refractivity contribution in [2.24, 2.45) is 4.99 Å². The Hall–Kier alpha value is -2.15. The SMILES string of the molecule is CN1CCN=C1c1ccc(C=C2CCN(S(=O)(=O)c3ccc(Cl)cc3)CC2)cc1. The highest BCUT2D eigenvalue weighted by Gasteiger charge is 2.27. The second-order valence-electron chi connectivity index (χ2n) is 7.41. The van der Waals surface area contributed by atoms with Crippen LogP contribution < -0.4 is 0 Å². The Morgan fingerprint density at radius 1 is 0.966 bits per heavy atom. The standard InChI is InChI=1S/C22H24ClN3O2S/c1-25-15-12-24-22(25)19-4-2-17(3-5-19)16-18-10-13-26(14-11-18)29(27,28)21-8-6-20(23)7-9-21/h2-9,16H,10-15H2,1H3. The van der Waals surface area contributed by atoms with Crippen LogP contribution in [0.4, 0.5) is 0 Å². The highest BCUT2D eigenvalue weighted by atomic mass is 35.5. The van der Waals surface area contributed by atoms with Crippen molar-refractivity contribution in [3.05, 3.63) is 70.3 Å². The van der Waals surface area contributed by atoms with Gasteiger partial charge in [0.1, 0.15) is 5.84 Å². The molecule has 4 rings (SSSR count). The summed E-state index contributed by atoms with van der Waals surface area (Å²) in [5.74, 6) is 1.05. The lowest BCUT2D eigenvalue weighted by atomic mass is 10.0. The summed E-state index contributed by atoms with van der Waals surface area (Å²) in [5.41, 5.74) is 3.55. The zero-order valence-electron chi connectivity index (χ0n) is 16.4. The summed E-state index contributed by atoms with van der Waals surface area (Å²) < 4.78 is 27.2. The van der Waals surface area contributed by atoms with E-state index in [4.69, 9.17) is 11.6 Å². The van der Waals surface area contributed by atoms with Crippen LogP contribution in [0.1, 0.15) is 24.0 Å². The van der Waals surface area contributed by atoms with Crippen LogP contribution >= 0.6 is 11.6 Å². The predicted octanol–water partition coefficient (Wildman–Crippen LogP) is 3.90. The summed E-state index contributed by atoms with van der Waals surface area (Å²) in [4.78, 5) is 7.02. The van der Waals surface area contributed by atoms with Gasteiger partial charge in [0.2, 0.25) is 10.0 Å². The first kappa shape index (κ1) is 20.1. The van der Waals surface area contributed by atoms with Gasteiger partial charge in [0.25, 0.3) is 0 Å². The van der Waals surface area contributed by atoms with Gasteiger partial charge in [-0.3, -0.25) is 4.99 Å². The highest BCUT2D eigenvalue weighted by molar-refractivity contribution is 7.89. The van der Waals surface area contributed by atoms with Gasteiger partial charge in [0.05, 0.1) is 11.4 Å². The summed E-state index contributed by atoms with van der Waals surface area (Å²) in [7, 11) is -1.40. The molecule has 0 radical (unpaired) electrons. The second kappa shape index (κ2) is 8.30. The van der Waals surface area contributed by atoms with Gasteiger partial charge in [0, 0.05) is 37.3 Å². The molecule has 0 bridgehead atoms. The van der Waals surface area contributed by atoms with E-state index in [0.29, 0.717) is 23.0 Å². The Kier molecular flexibility index (Phi) is 5.76. The van der Waals surface area contributed by atoms with E-state index in [0.717, 1.165) is 42.9 Å². The molecular weight excluding hydrogens is 406 g/mol.